The molecule has 3 N–H and O–H groups in total. The number of benzene rings is 1. The molecule has 0 spiro atoms. The fraction of sp³-hybridized carbons (Fsp3) is 0.412. The van der Waals surface area contributed by atoms with Crippen molar-refractivity contribution in [2.75, 3.05) is 6.54 Å². The van der Waals surface area contributed by atoms with Gasteiger partial charge in [-0.2, -0.15) is 0 Å². The van der Waals surface area contributed by atoms with Gasteiger partial charge in [0.05, 0.1) is 12.1 Å². The highest BCUT2D eigenvalue weighted by Gasteiger charge is 2.28. The van der Waals surface area contributed by atoms with Gasteiger partial charge in [-0.1, -0.05) is 29.8 Å². The number of hydrogen-bond acceptors (Lipinski definition) is 4. The Balaban J connectivity index is 1.54. The quantitative estimate of drug-likeness (QED) is 0.860. The number of nitrogens with zero attached hydrogens (tertiary/aromatic N) is 1. The number of nitrogens with one attached hydrogen (secondary N) is 1. The van der Waals surface area contributed by atoms with Crippen LogP contribution in [0, 0.1) is 12.8 Å². The predicted octanol–water partition coefficient (Wildman–Crippen LogP) is 2.51. The lowest BCUT2D eigenvalue weighted by molar-refractivity contribution is -0.120. The number of hydrogen-bond donors (Lipinski definition) is 2. The number of thiazole rings is 1. The molecule has 1 amide bonds. The van der Waals surface area contributed by atoms with Crippen LogP contribution in [-0.2, 0) is 11.2 Å². The normalized spacial score (nSPS) is 15.5. The molecule has 4 nitrogen and oxygen atoms in total. The average Bonchev–Trinajstić information content (AvgIpc) is 3.26. The van der Waals surface area contributed by atoms with Gasteiger partial charge in [0.1, 0.15) is 5.01 Å². The van der Waals surface area contributed by atoms with Crippen LogP contribution in [0.3, 0.4) is 0 Å². The molecule has 1 unspecified atom stereocenters. The molecule has 1 aromatic carbocycles. The average molecular weight is 315 g/mol. The van der Waals surface area contributed by atoms with Crippen LogP contribution in [0.5, 0.6) is 0 Å². The fourth-order valence-corrected chi connectivity index (χ4v) is 3.19. The van der Waals surface area contributed by atoms with Crippen molar-refractivity contribution in [3.8, 4) is 10.6 Å². The largest absolute Gasteiger partial charge is 0.354 e. The van der Waals surface area contributed by atoms with Gasteiger partial charge < -0.3 is 11.1 Å². The summed E-state index contributed by atoms with van der Waals surface area (Å²) in [5.74, 6) is 0.601. The monoisotopic (exact) mass is 315 g/mol. The Morgan fingerprint density at radius 1 is 1.41 bits per heavy atom. The zero-order valence-electron chi connectivity index (χ0n) is 12.7. The topological polar surface area (TPSA) is 68.0 Å². The molecule has 1 fully saturated rings. The summed E-state index contributed by atoms with van der Waals surface area (Å²) in [7, 11) is 0. The van der Waals surface area contributed by atoms with Crippen LogP contribution in [0.25, 0.3) is 10.6 Å². The van der Waals surface area contributed by atoms with Crippen molar-refractivity contribution < 1.29 is 4.79 Å². The Labute approximate surface area is 134 Å². The summed E-state index contributed by atoms with van der Waals surface area (Å²) in [5, 5.41) is 5.82. The van der Waals surface area contributed by atoms with Crippen LogP contribution in [0.15, 0.2) is 29.6 Å². The molecule has 1 aromatic heterocycles. The number of carbonyl (C=O) groups is 1. The Kier molecular flexibility index (Phi) is 4.55. The third kappa shape index (κ3) is 3.93. The Hall–Kier alpha value is -1.72. The number of nitrogens with two attached hydrogens (primary N) is 1. The molecule has 1 aliphatic rings. The molecule has 0 aliphatic heterocycles. The Morgan fingerprint density at radius 3 is 2.82 bits per heavy atom. The molecule has 116 valence electrons. The first-order valence-electron chi connectivity index (χ1n) is 7.65. The number of carbonyl (C=O) groups excluding carboxylic acids is 1. The van der Waals surface area contributed by atoms with E-state index in [9.17, 15) is 4.79 Å². The number of aryl methyl sites for hydroxylation is 1. The summed E-state index contributed by atoms with van der Waals surface area (Å²) in [5.41, 5.74) is 9.13. The van der Waals surface area contributed by atoms with E-state index in [-0.39, 0.29) is 11.9 Å². The molecule has 1 atom stereocenters. The number of aromatic nitrogens is 1. The summed E-state index contributed by atoms with van der Waals surface area (Å²) in [6.07, 6.45) is 2.71. The molecule has 0 radical (unpaired) electrons. The Bertz CT molecular complexity index is 646. The first kappa shape index (κ1) is 15.2. The predicted molar refractivity (Wildman–Crippen MR) is 89.7 cm³/mol. The molecule has 3 rings (SSSR count). The van der Waals surface area contributed by atoms with E-state index in [0.717, 1.165) is 16.3 Å². The first-order valence-corrected chi connectivity index (χ1v) is 8.53. The second-order valence-electron chi connectivity index (χ2n) is 5.99. The molecule has 1 saturated carbocycles. The summed E-state index contributed by atoms with van der Waals surface area (Å²) in [4.78, 5) is 16.5. The highest BCUT2D eigenvalue weighted by molar-refractivity contribution is 7.13. The van der Waals surface area contributed by atoms with E-state index in [0.29, 0.717) is 18.9 Å². The summed E-state index contributed by atoms with van der Waals surface area (Å²) in [6, 6.07) is 8.37. The van der Waals surface area contributed by atoms with Crippen molar-refractivity contribution in [1.29, 1.82) is 0 Å². The second-order valence-corrected chi connectivity index (χ2v) is 6.85. The third-order valence-electron chi connectivity index (χ3n) is 3.95. The molecule has 0 bridgehead atoms. The molecule has 5 heteroatoms. The molecule has 22 heavy (non-hydrogen) atoms. The molecule has 2 aromatic rings. The van der Waals surface area contributed by atoms with Crippen molar-refractivity contribution in [1.82, 2.24) is 10.3 Å². The van der Waals surface area contributed by atoms with Crippen LogP contribution < -0.4 is 11.1 Å². The van der Waals surface area contributed by atoms with Gasteiger partial charge in [0.2, 0.25) is 5.91 Å². The minimum atomic E-state index is -0.00291. The smallest absolute Gasteiger partial charge is 0.226 e. The molecule has 0 saturated heterocycles. The lowest BCUT2D eigenvalue weighted by Gasteiger charge is -2.10. The van der Waals surface area contributed by atoms with Crippen LogP contribution in [0.2, 0.25) is 0 Å². The van der Waals surface area contributed by atoms with Crippen molar-refractivity contribution in [3.63, 3.8) is 0 Å². The van der Waals surface area contributed by atoms with Gasteiger partial charge in [-0.25, -0.2) is 4.98 Å². The SMILES string of the molecule is Cc1ccc(-c2nc(CC(=O)NCC(N)C3CC3)cs2)cc1. The summed E-state index contributed by atoms with van der Waals surface area (Å²) < 4.78 is 0. The highest BCUT2D eigenvalue weighted by Crippen LogP contribution is 2.31. The van der Waals surface area contributed by atoms with E-state index in [1.54, 1.807) is 11.3 Å². The maximum atomic E-state index is 11.9. The number of rotatable bonds is 6. The summed E-state index contributed by atoms with van der Waals surface area (Å²) >= 11 is 1.57. The van der Waals surface area contributed by atoms with Crippen molar-refractivity contribution in [2.24, 2.45) is 11.7 Å². The fourth-order valence-electron chi connectivity index (χ4n) is 2.37. The Morgan fingerprint density at radius 2 is 2.14 bits per heavy atom. The van der Waals surface area contributed by atoms with Gasteiger partial charge in [-0.05, 0) is 25.7 Å². The maximum Gasteiger partial charge on any atom is 0.226 e. The highest BCUT2D eigenvalue weighted by atomic mass is 32.1. The standard InChI is InChI=1S/C17H21N3OS/c1-11-2-4-13(5-3-11)17-20-14(10-22-17)8-16(21)19-9-15(18)12-6-7-12/h2-5,10,12,15H,6-9,18H2,1H3,(H,19,21). The molecular weight excluding hydrogens is 294 g/mol. The van der Waals surface area contributed by atoms with Crippen molar-refractivity contribution >= 4 is 17.2 Å². The van der Waals surface area contributed by atoms with Crippen LogP contribution >= 0.6 is 11.3 Å². The van der Waals surface area contributed by atoms with Gasteiger partial charge in [0, 0.05) is 23.5 Å². The van der Waals surface area contributed by atoms with E-state index in [2.05, 4.69) is 41.5 Å². The zero-order valence-corrected chi connectivity index (χ0v) is 13.5. The van der Waals surface area contributed by atoms with Crippen LogP contribution in [0.1, 0.15) is 24.1 Å². The molecule has 1 heterocycles. The van der Waals surface area contributed by atoms with Crippen molar-refractivity contribution in [3.05, 3.63) is 40.9 Å². The van der Waals surface area contributed by atoms with Gasteiger partial charge in [-0.15, -0.1) is 11.3 Å². The number of amides is 1. The van der Waals surface area contributed by atoms with Crippen molar-refractivity contribution in [2.45, 2.75) is 32.2 Å². The minimum absolute atomic E-state index is 0.00291. The van der Waals surface area contributed by atoms with Gasteiger partial charge >= 0.3 is 0 Å². The molecule has 1 aliphatic carbocycles. The van der Waals surface area contributed by atoms with E-state index >= 15 is 0 Å². The second kappa shape index (κ2) is 6.58. The first-order chi connectivity index (χ1) is 10.6. The summed E-state index contributed by atoms with van der Waals surface area (Å²) in [6.45, 7) is 2.63. The van der Waals surface area contributed by atoms with E-state index in [1.807, 2.05) is 5.38 Å². The van der Waals surface area contributed by atoms with Gasteiger partial charge in [0.25, 0.3) is 0 Å². The lowest BCUT2D eigenvalue weighted by atomic mass is 10.2. The van der Waals surface area contributed by atoms with E-state index < -0.39 is 0 Å². The molecular formula is C17H21N3OS. The third-order valence-corrected chi connectivity index (χ3v) is 4.89. The van der Waals surface area contributed by atoms with Crippen LogP contribution in [0.4, 0.5) is 0 Å². The maximum absolute atomic E-state index is 11.9. The van der Waals surface area contributed by atoms with E-state index in [4.69, 9.17) is 5.73 Å². The lowest BCUT2D eigenvalue weighted by Crippen LogP contribution is -2.39. The zero-order chi connectivity index (χ0) is 15.5. The van der Waals surface area contributed by atoms with Crippen LogP contribution in [-0.4, -0.2) is 23.5 Å². The van der Waals surface area contributed by atoms with E-state index in [1.165, 1.54) is 18.4 Å². The van der Waals surface area contributed by atoms with Gasteiger partial charge in [0.15, 0.2) is 0 Å². The van der Waals surface area contributed by atoms with Gasteiger partial charge in [-0.3, -0.25) is 4.79 Å². The minimum Gasteiger partial charge on any atom is -0.354 e.